The molecule has 2 aromatic rings. The van der Waals surface area contributed by atoms with Crippen LogP contribution in [0.4, 0.5) is 0 Å². The molecule has 0 aliphatic heterocycles. The van der Waals surface area contributed by atoms with Crippen LogP contribution in [0.2, 0.25) is 0 Å². The second kappa shape index (κ2) is 7.63. The first-order valence-electron chi connectivity index (χ1n) is 7.60. The van der Waals surface area contributed by atoms with Crippen LogP contribution in [0.15, 0.2) is 48.5 Å². The fourth-order valence-electron chi connectivity index (χ4n) is 2.63. The first-order valence-corrected chi connectivity index (χ1v) is 7.60. The van der Waals surface area contributed by atoms with Crippen molar-refractivity contribution >= 4 is 5.97 Å². The van der Waals surface area contributed by atoms with Crippen molar-refractivity contribution < 1.29 is 9.90 Å². The largest absolute Gasteiger partial charge is 0.478 e. The van der Waals surface area contributed by atoms with E-state index in [1.54, 1.807) is 12.1 Å². The lowest BCUT2D eigenvalue weighted by molar-refractivity contribution is 0.0696. The van der Waals surface area contributed by atoms with E-state index in [4.69, 9.17) is 0 Å². The van der Waals surface area contributed by atoms with Crippen molar-refractivity contribution in [3.05, 3.63) is 70.8 Å². The summed E-state index contributed by atoms with van der Waals surface area (Å²) >= 11 is 0. The van der Waals surface area contributed by atoms with E-state index in [1.165, 1.54) is 30.4 Å². The van der Waals surface area contributed by atoms with E-state index < -0.39 is 5.97 Å². The molecule has 1 N–H and O–H groups in total. The lowest BCUT2D eigenvalue weighted by Gasteiger charge is -2.11. The number of hydrogen-bond acceptors (Lipinski definition) is 1. The van der Waals surface area contributed by atoms with Crippen molar-refractivity contribution in [3.8, 4) is 0 Å². The number of benzene rings is 2. The minimum Gasteiger partial charge on any atom is -0.478 e. The molecule has 2 nitrogen and oxygen atoms in total. The van der Waals surface area contributed by atoms with E-state index in [1.807, 2.05) is 18.2 Å². The van der Waals surface area contributed by atoms with Gasteiger partial charge >= 0.3 is 5.97 Å². The molecule has 2 aromatic carbocycles. The maximum Gasteiger partial charge on any atom is 0.335 e. The second-order valence-electron chi connectivity index (χ2n) is 5.36. The fraction of sp³-hybridized carbons (Fsp3) is 0.316. The summed E-state index contributed by atoms with van der Waals surface area (Å²) in [4.78, 5) is 11.3. The summed E-state index contributed by atoms with van der Waals surface area (Å²) in [6, 6.07) is 15.6. The number of unbranched alkanes of at least 4 members (excludes halogenated alkanes) is 2. The van der Waals surface area contributed by atoms with Gasteiger partial charge in [0, 0.05) is 0 Å². The molecule has 21 heavy (non-hydrogen) atoms. The van der Waals surface area contributed by atoms with Gasteiger partial charge in [-0.15, -0.1) is 0 Å². The van der Waals surface area contributed by atoms with Crippen LogP contribution < -0.4 is 0 Å². The minimum absolute atomic E-state index is 0.404. The monoisotopic (exact) mass is 282 g/mol. The predicted molar refractivity (Wildman–Crippen MR) is 85.9 cm³/mol. The van der Waals surface area contributed by atoms with Crippen LogP contribution in [0.3, 0.4) is 0 Å². The van der Waals surface area contributed by atoms with Gasteiger partial charge in [-0.3, -0.25) is 0 Å². The van der Waals surface area contributed by atoms with Crippen LogP contribution in [0.1, 0.15) is 53.2 Å². The quantitative estimate of drug-likeness (QED) is 0.747. The average molecular weight is 282 g/mol. The normalized spacial score (nSPS) is 10.5. The van der Waals surface area contributed by atoms with E-state index in [2.05, 4.69) is 25.1 Å². The van der Waals surface area contributed by atoms with Gasteiger partial charge in [-0.2, -0.15) is 0 Å². The summed E-state index contributed by atoms with van der Waals surface area (Å²) < 4.78 is 0. The third kappa shape index (κ3) is 4.19. The zero-order valence-electron chi connectivity index (χ0n) is 12.5. The second-order valence-corrected chi connectivity index (χ2v) is 5.36. The first-order chi connectivity index (χ1) is 10.2. The third-order valence-electron chi connectivity index (χ3n) is 3.80. The molecular formula is C19H22O2. The topological polar surface area (TPSA) is 37.3 Å². The maximum atomic E-state index is 11.3. The third-order valence-corrected chi connectivity index (χ3v) is 3.80. The van der Waals surface area contributed by atoms with Crippen LogP contribution in [0.25, 0.3) is 0 Å². The number of carboxylic acids is 1. The molecule has 0 aliphatic rings. The van der Waals surface area contributed by atoms with Crippen molar-refractivity contribution in [3.63, 3.8) is 0 Å². The van der Waals surface area contributed by atoms with Crippen LogP contribution in [0, 0.1) is 0 Å². The summed E-state index contributed by atoms with van der Waals surface area (Å²) in [6.07, 6.45) is 5.39. The van der Waals surface area contributed by atoms with Crippen LogP contribution in [-0.4, -0.2) is 11.1 Å². The Morgan fingerprint density at radius 1 is 0.905 bits per heavy atom. The number of carbonyl (C=O) groups is 1. The molecule has 0 atom stereocenters. The molecule has 0 saturated heterocycles. The lowest BCUT2D eigenvalue weighted by atomic mass is 9.94. The summed E-state index contributed by atoms with van der Waals surface area (Å²) in [7, 11) is 0. The van der Waals surface area contributed by atoms with Crippen LogP contribution in [-0.2, 0) is 12.8 Å². The molecule has 0 heterocycles. The van der Waals surface area contributed by atoms with Crippen LogP contribution >= 0.6 is 0 Å². The molecule has 2 heteroatoms. The SMILES string of the molecule is CCCCCc1ccccc1Cc1ccccc1C(=O)O. The average Bonchev–Trinajstić information content (AvgIpc) is 2.49. The van der Waals surface area contributed by atoms with Gasteiger partial charge in [-0.25, -0.2) is 4.79 Å². The van der Waals surface area contributed by atoms with Crippen molar-refractivity contribution in [2.24, 2.45) is 0 Å². The Labute approximate surface area is 126 Å². The Morgan fingerprint density at radius 3 is 2.19 bits per heavy atom. The van der Waals surface area contributed by atoms with Crippen molar-refractivity contribution in [1.29, 1.82) is 0 Å². The van der Waals surface area contributed by atoms with E-state index >= 15 is 0 Å². The Morgan fingerprint density at radius 2 is 1.52 bits per heavy atom. The van der Waals surface area contributed by atoms with E-state index in [9.17, 15) is 9.90 Å². The summed E-state index contributed by atoms with van der Waals surface area (Å²) in [5.74, 6) is -0.853. The van der Waals surface area contributed by atoms with Gasteiger partial charge in [0.25, 0.3) is 0 Å². The number of aromatic carboxylic acids is 1. The molecule has 0 amide bonds. The highest BCUT2D eigenvalue weighted by Gasteiger charge is 2.11. The van der Waals surface area contributed by atoms with Crippen molar-refractivity contribution in [2.75, 3.05) is 0 Å². The smallest absolute Gasteiger partial charge is 0.335 e. The zero-order valence-corrected chi connectivity index (χ0v) is 12.5. The first kappa shape index (κ1) is 15.3. The molecule has 0 radical (unpaired) electrons. The fourth-order valence-corrected chi connectivity index (χ4v) is 2.63. The van der Waals surface area contributed by atoms with Gasteiger partial charge in [0.2, 0.25) is 0 Å². The van der Waals surface area contributed by atoms with Gasteiger partial charge in [-0.05, 0) is 42.0 Å². The highest BCUT2D eigenvalue weighted by Crippen LogP contribution is 2.19. The molecule has 0 unspecified atom stereocenters. The van der Waals surface area contributed by atoms with Gasteiger partial charge in [0.15, 0.2) is 0 Å². The van der Waals surface area contributed by atoms with E-state index in [0.717, 1.165) is 12.0 Å². The molecular weight excluding hydrogens is 260 g/mol. The summed E-state index contributed by atoms with van der Waals surface area (Å²) in [5, 5.41) is 9.29. The maximum absolute atomic E-state index is 11.3. The molecule has 0 fully saturated rings. The standard InChI is InChI=1S/C19H22O2/c1-2-3-4-9-15-10-5-6-11-16(15)14-17-12-7-8-13-18(17)19(20)21/h5-8,10-13H,2-4,9,14H2,1H3,(H,20,21). The number of rotatable bonds is 7. The van der Waals surface area contributed by atoms with Crippen molar-refractivity contribution in [2.45, 2.75) is 39.0 Å². The minimum atomic E-state index is -0.853. The lowest BCUT2D eigenvalue weighted by Crippen LogP contribution is -2.04. The molecule has 0 aromatic heterocycles. The van der Waals surface area contributed by atoms with Gasteiger partial charge in [0.05, 0.1) is 5.56 Å². The predicted octanol–water partition coefficient (Wildman–Crippen LogP) is 4.71. The highest BCUT2D eigenvalue weighted by atomic mass is 16.4. The van der Waals surface area contributed by atoms with E-state index in [0.29, 0.717) is 12.0 Å². The van der Waals surface area contributed by atoms with E-state index in [-0.39, 0.29) is 0 Å². The summed E-state index contributed by atoms with van der Waals surface area (Å²) in [5.41, 5.74) is 3.86. The molecule has 0 saturated carbocycles. The van der Waals surface area contributed by atoms with Crippen LogP contribution in [0.5, 0.6) is 0 Å². The highest BCUT2D eigenvalue weighted by molar-refractivity contribution is 5.89. The molecule has 2 rings (SSSR count). The molecule has 0 aliphatic carbocycles. The van der Waals surface area contributed by atoms with Gasteiger partial charge in [-0.1, -0.05) is 62.2 Å². The van der Waals surface area contributed by atoms with Gasteiger partial charge < -0.3 is 5.11 Å². The zero-order chi connectivity index (χ0) is 15.1. The molecule has 0 bridgehead atoms. The molecule has 110 valence electrons. The number of carboxylic acid groups (broad SMARTS) is 1. The number of aryl methyl sites for hydroxylation is 1. The summed E-state index contributed by atoms with van der Waals surface area (Å²) in [6.45, 7) is 2.20. The van der Waals surface area contributed by atoms with Gasteiger partial charge in [0.1, 0.15) is 0 Å². The number of hydrogen-bond donors (Lipinski definition) is 1. The Bertz CT molecular complexity index is 602. The molecule has 0 spiro atoms. The van der Waals surface area contributed by atoms with Crippen molar-refractivity contribution in [1.82, 2.24) is 0 Å². The Balaban J connectivity index is 2.22. The Kier molecular flexibility index (Phi) is 5.56. The Hall–Kier alpha value is -2.09.